The molecular formula is C12H17N3OS. The molecule has 0 radical (unpaired) electrons. The first-order chi connectivity index (χ1) is 8.04. The summed E-state index contributed by atoms with van der Waals surface area (Å²) in [5, 5.41) is 5.85. The van der Waals surface area contributed by atoms with Crippen LogP contribution in [0.15, 0.2) is 24.3 Å². The highest BCUT2D eigenvalue weighted by molar-refractivity contribution is 7.80. The molecule has 0 saturated heterocycles. The van der Waals surface area contributed by atoms with Crippen molar-refractivity contribution in [3.63, 3.8) is 0 Å². The van der Waals surface area contributed by atoms with Crippen molar-refractivity contribution in [2.75, 3.05) is 11.9 Å². The van der Waals surface area contributed by atoms with Gasteiger partial charge in [0.05, 0.1) is 0 Å². The number of hydrogen-bond acceptors (Lipinski definition) is 3. The summed E-state index contributed by atoms with van der Waals surface area (Å²) in [4.78, 5) is 11.9. The van der Waals surface area contributed by atoms with Gasteiger partial charge in [0.15, 0.2) is 0 Å². The maximum absolute atomic E-state index is 11.5. The molecule has 0 fully saturated rings. The van der Waals surface area contributed by atoms with E-state index in [4.69, 9.17) is 18.0 Å². The van der Waals surface area contributed by atoms with Gasteiger partial charge in [-0.3, -0.25) is 4.79 Å². The molecule has 92 valence electrons. The topological polar surface area (TPSA) is 67.2 Å². The van der Waals surface area contributed by atoms with Crippen LogP contribution in [0.25, 0.3) is 0 Å². The molecule has 0 aliphatic carbocycles. The molecule has 1 aromatic carbocycles. The van der Waals surface area contributed by atoms with E-state index in [0.717, 1.165) is 11.3 Å². The number of amides is 1. The second kappa shape index (κ2) is 6.20. The predicted octanol–water partition coefficient (Wildman–Crippen LogP) is 1.26. The second-order valence-electron chi connectivity index (χ2n) is 3.70. The van der Waals surface area contributed by atoms with E-state index in [1.807, 2.05) is 38.1 Å². The molecule has 1 amide bonds. The summed E-state index contributed by atoms with van der Waals surface area (Å²) < 4.78 is 0. The standard InChI is InChI=1S/C12H17N3OS/c1-3-14-12(16)8(2)15-10-6-4-9(5-7-10)11(13)17/h4-8,15H,3H2,1-2H3,(H2,13,17)(H,14,16). The molecular weight excluding hydrogens is 234 g/mol. The number of thiocarbonyl (C=S) groups is 1. The number of nitrogens with one attached hydrogen (secondary N) is 2. The van der Waals surface area contributed by atoms with E-state index in [9.17, 15) is 4.79 Å². The summed E-state index contributed by atoms with van der Waals surface area (Å²) in [7, 11) is 0. The van der Waals surface area contributed by atoms with Crippen LogP contribution in [0, 0.1) is 0 Å². The zero-order valence-electron chi connectivity index (χ0n) is 9.99. The number of hydrogen-bond donors (Lipinski definition) is 3. The first-order valence-electron chi connectivity index (χ1n) is 5.48. The van der Waals surface area contributed by atoms with Crippen LogP contribution in [0.4, 0.5) is 5.69 Å². The smallest absolute Gasteiger partial charge is 0.242 e. The van der Waals surface area contributed by atoms with Gasteiger partial charge in [-0.25, -0.2) is 0 Å². The Bertz CT molecular complexity index is 403. The number of carbonyl (C=O) groups is 1. The van der Waals surface area contributed by atoms with Crippen LogP contribution < -0.4 is 16.4 Å². The minimum absolute atomic E-state index is 0.0223. The van der Waals surface area contributed by atoms with E-state index in [1.54, 1.807) is 0 Å². The summed E-state index contributed by atoms with van der Waals surface area (Å²) in [6.45, 7) is 4.33. The molecule has 1 unspecified atom stereocenters. The van der Waals surface area contributed by atoms with Gasteiger partial charge >= 0.3 is 0 Å². The number of carbonyl (C=O) groups excluding carboxylic acids is 1. The number of likely N-dealkylation sites (N-methyl/N-ethyl adjacent to an activating group) is 1. The Balaban J connectivity index is 2.63. The van der Waals surface area contributed by atoms with E-state index >= 15 is 0 Å². The molecule has 0 aromatic heterocycles. The lowest BCUT2D eigenvalue weighted by molar-refractivity contribution is -0.121. The van der Waals surface area contributed by atoms with Crippen LogP contribution in [0.2, 0.25) is 0 Å². The fourth-order valence-corrected chi connectivity index (χ4v) is 1.51. The maximum Gasteiger partial charge on any atom is 0.242 e. The molecule has 4 N–H and O–H groups in total. The fourth-order valence-electron chi connectivity index (χ4n) is 1.37. The Kier molecular flexibility index (Phi) is 4.90. The van der Waals surface area contributed by atoms with Crippen LogP contribution in [-0.4, -0.2) is 23.5 Å². The van der Waals surface area contributed by atoms with Crippen molar-refractivity contribution in [3.8, 4) is 0 Å². The van der Waals surface area contributed by atoms with Crippen LogP contribution >= 0.6 is 12.2 Å². The summed E-state index contributed by atoms with van der Waals surface area (Å²) in [6.07, 6.45) is 0. The van der Waals surface area contributed by atoms with Crippen LogP contribution in [-0.2, 0) is 4.79 Å². The van der Waals surface area contributed by atoms with Gasteiger partial charge in [0.2, 0.25) is 5.91 Å². The summed E-state index contributed by atoms with van der Waals surface area (Å²) in [6, 6.07) is 7.09. The molecule has 4 nitrogen and oxygen atoms in total. The molecule has 17 heavy (non-hydrogen) atoms. The number of anilines is 1. The van der Waals surface area contributed by atoms with Crippen molar-refractivity contribution in [2.24, 2.45) is 5.73 Å². The van der Waals surface area contributed by atoms with E-state index in [1.165, 1.54) is 0 Å². The average molecular weight is 251 g/mol. The normalized spacial score (nSPS) is 11.6. The van der Waals surface area contributed by atoms with Gasteiger partial charge in [-0.2, -0.15) is 0 Å². The molecule has 5 heteroatoms. The van der Waals surface area contributed by atoms with Crippen LogP contribution in [0.3, 0.4) is 0 Å². The molecule has 0 heterocycles. The molecule has 0 aliphatic heterocycles. The fraction of sp³-hybridized carbons (Fsp3) is 0.333. The monoisotopic (exact) mass is 251 g/mol. The molecule has 1 aromatic rings. The Morgan fingerprint density at radius 1 is 1.41 bits per heavy atom. The van der Waals surface area contributed by atoms with Crippen LogP contribution in [0.1, 0.15) is 19.4 Å². The number of benzene rings is 1. The third-order valence-electron chi connectivity index (χ3n) is 2.30. The van der Waals surface area contributed by atoms with E-state index < -0.39 is 0 Å². The third kappa shape index (κ3) is 4.03. The Hall–Kier alpha value is -1.62. The van der Waals surface area contributed by atoms with Crippen molar-refractivity contribution < 1.29 is 4.79 Å². The highest BCUT2D eigenvalue weighted by atomic mass is 32.1. The third-order valence-corrected chi connectivity index (χ3v) is 2.53. The second-order valence-corrected chi connectivity index (χ2v) is 4.14. The summed E-state index contributed by atoms with van der Waals surface area (Å²) in [5.74, 6) is -0.0223. The zero-order chi connectivity index (χ0) is 12.8. The van der Waals surface area contributed by atoms with Crippen molar-refractivity contribution in [1.82, 2.24) is 5.32 Å². The van der Waals surface area contributed by atoms with Gasteiger partial charge in [0.25, 0.3) is 0 Å². The summed E-state index contributed by atoms with van der Waals surface area (Å²) in [5.41, 5.74) is 7.18. The van der Waals surface area contributed by atoms with Gasteiger partial charge in [0, 0.05) is 17.8 Å². The highest BCUT2D eigenvalue weighted by Crippen LogP contribution is 2.10. The van der Waals surface area contributed by atoms with E-state index in [-0.39, 0.29) is 11.9 Å². The Morgan fingerprint density at radius 2 is 2.00 bits per heavy atom. The van der Waals surface area contributed by atoms with Crippen molar-refractivity contribution in [2.45, 2.75) is 19.9 Å². The molecule has 0 saturated carbocycles. The zero-order valence-corrected chi connectivity index (χ0v) is 10.8. The lowest BCUT2D eigenvalue weighted by Gasteiger charge is -2.14. The molecule has 1 atom stereocenters. The molecule has 1 rings (SSSR count). The van der Waals surface area contributed by atoms with Gasteiger partial charge < -0.3 is 16.4 Å². The largest absolute Gasteiger partial charge is 0.389 e. The Morgan fingerprint density at radius 3 is 2.47 bits per heavy atom. The first kappa shape index (κ1) is 13.4. The molecule has 0 spiro atoms. The van der Waals surface area contributed by atoms with Gasteiger partial charge in [-0.1, -0.05) is 12.2 Å². The van der Waals surface area contributed by atoms with Crippen molar-refractivity contribution in [1.29, 1.82) is 0 Å². The SMILES string of the molecule is CCNC(=O)C(C)Nc1ccc(C(N)=S)cc1. The van der Waals surface area contributed by atoms with Gasteiger partial charge in [-0.05, 0) is 38.1 Å². The molecule has 0 aliphatic rings. The Labute approximate surface area is 107 Å². The maximum atomic E-state index is 11.5. The van der Waals surface area contributed by atoms with Gasteiger partial charge in [-0.15, -0.1) is 0 Å². The lowest BCUT2D eigenvalue weighted by Crippen LogP contribution is -2.37. The number of rotatable bonds is 5. The average Bonchev–Trinajstić information content (AvgIpc) is 2.30. The van der Waals surface area contributed by atoms with Gasteiger partial charge in [0.1, 0.15) is 11.0 Å². The number of nitrogens with two attached hydrogens (primary N) is 1. The first-order valence-corrected chi connectivity index (χ1v) is 5.89. The van der Waals surface area contributed by atoms with Crippen molar-refractivity contribution in [3.05, 3.63) is 29.8 Å². The minimum Gasteiger partial charge on any atom is -0.389 e. The lowest BCUT2D eigenvalue weighted by atomic mass is 10.2. The van der Waals surface area contributed by atoms with E-state index in [0.29, 0.717) is 11.5 Å². The minimum atomic E-state index is -0.273. The predicted molar refractivity (Wildman–Crippen MR) is 74.1 cm³/mol. The molecule has 0 bridgehead atoms. The quantitative estimate of drug-likeness (QED) is 0.689. The van der Waals surface area contributed by atoms with E-state index in [2.05, 4.69) is 10.6 Å². The summed E-state index contributed by atoms with van der Waals surface area (Å²) >= 11 is 4.86. The van der Waals surface area contributed by atoms with Crippen molar-refractivity contribution >= 4 is 28.8 Å². The highest BCUT2D eigenvalue weighted by Gasteiger charge is 2.10. The van der Waals surface area contributed by atoms with Crippen LogP contribution in [0.5, 0.6) is 0 Å².